The predicted octanol–water partition coefficient (Wildman–Crippen LogP) is -0.774. The van der Waals surface area contributed by atoms with Crippen LogP contribution in [-0.2, 0) is 19.1 Å². The lowest BCUT2D eigenvalue weighted by atomic mass is 10.3. The Morgan fingerprint density at radius 3 is 2.53 bits per heavy atom. The van der Waals surface area contributed by atoms with Crippen molar-refractivity contribution in [1.29, 1.82) is 0 Å². The van der Waals surface area contributed by atoms with Crippen LogP contribution in [0.25, 0.3) is 0 Å². The number of carbonyl (C=O) groups excluding carboxylic acids is 2. The van der Waals surface area contributed by atoms with Gasteiger partial charge in [-0.15, -0.1) is 0 Å². The Labute approximate surface area is 87.8 Å². The number of carbonyl (C=O) groups is 2. The van der Waals surface area contributed by atoms with Crippen LogP contribution < -0.4 is 0 Å². The molecule has 0 rings (SSSR count). The monoisotopic (exact) mass is 220 g/mol. The van der Waals surface area contributed by atoms with Gasteiger partial charge in [0.25, 0.3) is 0 Å². The Morgan fingerprint density at radius 2 is 2.00 bits per heavy atom. The lowest BCUT2D eigenvalue weighted by Crippen LogP contribution is -2.23. The van der Waals surface area contributed by atoms with Crippen LogP contribution in [0.15, 0.2) is 0 Å². The zero-order chi connectivity index (χ0) is 11.7. The number of aliphatic hydroxyl groups is 2. The summed E-state index contributed by atoms with van der Waals surface area (Å²) in [5.74, 6) is -1.38. The summed E-state index contributed by atoms with van der Waals surface area (Å²) in [6.07, 6.45) is -0.231. The van der Waals surface area contributed by atoms with Crippen molar-refractivity contribution in [2.24, 2.45) is 0 Å². The number of esters is 2. The number of aliphatic hydroxyl groups excluding tert-OH is 2. The summed E-state index contributed by atoms with van der Waals surface area (Å²) in [7, 11) is 0. The second kappa shape index (κ2) is 8.34. The van der Waals surface area contributed by atoms with Crippen molar-refractivity contribution in [3.05, 3.63) is 0 Å². The lowest BCUT2D eigenvalue weighted by Gasteiger charge is -2.07. The second-order valence-corrected chi connectivity index (χ2v) is 2.95. The van der Waals surface area contributed by atoms with E-state index < -0.39 is 31.3 Å². The molecule has 2 N–H and O–H groups in total. The molecule has 6 heteroatoms. The minimum absolute atomic E-state index is 0.173. The molecule has 0 saturated carbocycles. The molecule has 88 valence electrons. The minimum Gasteiger partial charge on any atom is -0.394 e. The van der Waals surface area contributed by atoms with E-state index in [0.29, 0.717) is 6.42 Å². The maximum Gasteiger partial charge on any atom is 0.339 e. The van der Waals surface area contributed by atoms with Gasteiger partial charge in [-0.1, -0.05) is 6.92 Å². The summed E-state index contributed by atoms with van der Waals surface area (Å²) in [5.41, 5.74) is 0. The van der Waals surface area contributed by atoms with Gasteiger partial charge in [-0.05, 0) is 6.42 Å². The first-order valence-corrected chi connectivity index (χ1v) is 4.70. The fourth-order valence-electron chi connectivity index (χ4n) is 0.743. The quantitative estimate of drug-likeness (QED) is 0.432. The van der Waals surface area contributed by atoms with Gasteiger partial charge in [0.1, 0.15) is 12.7 Å². The summed E-state index contributed by atoms with van der Waals surface area (Å²) in [5, 5.41) is 17.3. The highest BCUT2D eigenvalue weighted by molar-refractivity contribution is 5.85. The molecule has 0 aliphatic carbocycles. The van der Waals surface area contributed by atoms with Gasteiger partial charge in [-0.2, -0.15) is 0 Å². The summed E-state index contributed by atoms with van der Waals surface area (Å²) in [6.45, 7) is 0.768. The van der Waals surface area contributed by atoms with Crippen molar-refractivity contribution >= 4 is 11.9 Å². The molecule has 0 aliphatic rings. The molecule has 0 amide bonds. The summed E-state index contributed by atoms with van der Waals surface area (Å²) in [4.78, 5) is 21.7. The third kappa shape index (κ3) is 8.04. The SMILES string of the molecule is CCCC(=O)OC(=O)COCC(O)CO. The standard InChI is InChI=1S/C9H16O6/c1-2-3-8(12)15-9(13)6-14-5-7(11)4-10/h7,10-11H,2-6H2,1H3. The number of ether oxygens (including phenoxy) is 2. The summed E-state index contributed by atoms with van der Waals surface area (Å²) in [6, 6.07) is 0. The van der Waals surface area contributed by atoms with E-state index in [9.17, 15) is 9.59 Å². The van der Waals surface area contributed by atoms with Crippen LogP contribution in [0.3, 0.4) is 0 Å². The maximum atomic E-state index is 10.9. The molecule has 1 atom stereocenters. The third-order valence-corrected chi connectivity index (χ3v) is 1.42. The van der Waals surface area contributed by atoms with Gasteiger partial charge < -0.3 is 19.7 Å². The van der Waals surface area contributed by atoms with Crippen molar-refractivity contribution < 1.29 is 29.3 Å². The highest BCUT2D eigenvalue weighted by Crippen LogP contribution is 1.93. The average Bonchev–Trinajstić information content (AvgIpc) is 2.17. The van der Waals surface area contributed by atoms with E-state index in [0.717, 1.165) is 0 Å². The van der Waals surface area contributed by atoms with E-state index in [1.165, 1.54) is 0 Å². The minimum atomic E-state index is -1.02. The zero-order valence-corrected chi connectivity index (χ0v) is 8.64. The number of hydrogen-bond donors (Lipinski definition) is 2. The smallest absolute Gasteiger partial charge is 0.339 e. The molecule has 0 aromatic rings. The van der Waals surface area contributed by atoms with Crippen LogP contribution in [0.1, 0.15) is 19.8 Å². The van der Waals surface area contributed by atoms with Crippen molar-refractivity contribution in [2.75, 3.05) is 19.8 Å². The van der Waals surface area contributed by atoms with Crippen molar-refractivity contribution in [3.8, 4) is 0 Å². The first kappa shape index (κ1) is 14.0. The highest BCUT2D eigenvalue weighted by Gasteiger charge is 2.10. The van der Waals surface area contributed by atoms with Gasteiger partial charge in [0, 0.05) is 6.42 Å². The van der Waals surface area contributed by atoms with E-state index in [2.05, 4.69) is 4.74 Å². The van der Waals surface area contributed by atoms with E-state index in [4.69, 9.17) is 14.9 Å². The molecule has 6 nitrogen and oxygen atoms in total. The summed E-state index contributed by atoms with van der Waals surface area (Å²) >= 11 is 0. The van der Waals surface area contributed by atoms with Crippen molar-refractivity contribution in [1.82, 2.24) is 0 Å². The van der Waals surface area contributed by atoms with E-state index >= 15 is 0 Å². The first-order chi connectivity index (χ1) is 7.10. The number of hydrogen-bond acceptors (Lipinski definition) is 6. The van der Waals surface area contributed by atoms with Crippen LogP contribution in [0.4, 0.5) is 0 Å². The average molecular weight is 220 g/mol. The molecule has 0 heterocycles. The first-order valence-electron chi connectivity index (χ1n) is 4.70. The molecular formula is C9H16O6. The summed E-state index contributed by atoms with van der Waals surface area (Å²) < 4.78 is 9.05. The van der Waals surface area contributed by atoms with E-state index in [-0.39, 0.29) is 13.0 Å². The molecule has 0 aromatic carbocycles. The molecular weight excluding hydrogens is 204 g/mol. The molecule has 0 spiro atoms. The molecule has 0 radical (unpaired) electrons. The van der Waals surface area contributed by atoms with Gasteiger partial charge in [-0.25, -0.2) is 4.79 Å². The van der Waals surface area contributed by atoms with Gasteiger partial charge >= 0.3 is 11.9 Å². The van der Waals surface area contributed by atoms with Gasteiger partial charge in [-0.3, -0.25) is 4.79 Å². The topological polar surface area (TPSA) is 93.1 Å². The van der Waals surface area contributed by atoms with Crippen molar-refractivity contribution in [2.45, 2.75) is 25.9 Å². The molecule has 0 fully saturated rings. The van der Waals surface area contributed by atoms with Gasteiger partial charge in [0.05, 0.1) is 13.2 Å². The van der Waals surface area contributed by atoms with Gasteiger partial charge in [0.2, 0.25) is 0 Å². The van der Waals surface area contributed by atoms with Crippen LogP contribution in [-0.4, -0.2) is 48.1 Å². The van der Waals surface area contributed by atoms with Gasteiger partial charge in [0.15, 0.2) is 0 Å². The Bertz CT molecular complexity index is 203. The zero-order valence-electron chi connectivity index (χ0n) is 8.64. The lowest BCUT2D eigenvalue weighted by molar-refractivity contribution is -0.163. The number of rotatable bonds is 7. The van der Waals surface area contributed by atoms with Crippen LogP contribution in [0.5, 0.6) is 0 Å². The Kier molecular flexibility index (Phi) is 7.79. The van der Waals surface area contributed by atoms with Crippen molar-refractivity contribution in [3.63, 3.8) is 0 Å². The molecule has 0 aliphatic heterocycles. The molecule has 1 unspecified atom stereocenters. The van der Waals surface area contributed by atoms with E-state index in [1.807, 2.05) is 0 Å². The Balaban J connectivity index is 3.53. The van der Waals surface area contributed by atoms with Crippen LogP contribution in [0, 0.1) is 0 Å². The Morgan fingerprint density at radius 1 is 1.33 bits per heavy atom. The molecule has 0 bridgehead atoms. The second-order valence-electron chi connectivity index (χ2n) is 2.95. The highest BCUT2D eigenvalue weighted by atomic mass is 16.6. The molecule has 15 heavy (non-hydrogen) atoms. The van der Waals surface area contributed by atoms with E-state index in [1.54, 1.807) is 6.92 Å². The fourth-order valence-corrected chi connectivity index (χ4v) is 0.743. The Hall–Kier alpha value is -0.980. The predicted molar refractivity (Wildman–Crippen MR) is 49.9 cm³/mol. The van der Waals surface area contributed by atoms with Crippen LogP contribution in [0.2, 0.25) is 0 Å². The maximum absolute atomic E-state index is 10.9. The molecule has 0 aromatic heterocycles. The molecule has 0 saturated heterocycles. The fraction of sp³-hybridized carbons (Fsp3) is 0.778. The largest absolute Gasteiger partial charge is 0.394 e. The third-order valence-electron chi connectivity index (χ3n) is 1.42. The normalized spacial score (nSPS) is 12.2. The van der Waals surface area contributed by atoms with Crippen LogP contribution >= 0.6 is 0 Å².